The molecule has 0 aliphatic rings. The van der Waals surface area contributed by atoms with E-state index in [-0.39, 0.29) is 24.8 Å². The first-order chi connectivity index (χ1) is 11.0. The Bertz CT molecular complexity index is 734. The van der Waals surface area contributed by atoms with E-state index in [1.165, 1.54) is 0 Å². The normalized spacial score (nSPS) is 10.2. The Morgan fingerprint density at radius 3 is 2.61 bits per heavy atom. The molecule has 120 valence electrons. The first-order valence-corrected chi connectivity index (χ1v) is 8.23. The summed E-state index contributed by atoms with van der Waals surface area (Å²) < 4.78 is 0.825. The van der Waals surface area contributed by atoms with Crippen LogP contribution in [0.1, 0.15) is 22.3 Å². The number of carbonyl (C=O) groups is 2. The van der Waals surface area contributed by atoms with Gasteiger partial charge in [0.1, 0.15) is 0 Å². The minimum atomic E-state index is -0.292. The number of hydrogen-bond donors (Lipinski definition) is 2. The maximum Gasteiger partial charge on any atom is 0.252 e. The molecule has 0 heterocycles. The van der Waals surface area contributed by atoms with Gasteiger partial charge < -0.3 is 10.6 Å². The molecule has 2 amide bonds. The number of amides is 2. The fraction of sp³-hybridized carbons (Fsp3) is 0.176. The lowest BCUT2D eigenvalue weighted by Gasteiger charge is -2.09. The third-order valence-electron chi connectivity index (χ3n) is 3.15. The van der Waals surface area contributed by atoms with Crippen LogP contribution in [0.15, 0.2) is 46.9 Å². The van der Waals surface area contributed by atoms with Crippen LogP contribution in [0.5, 0.6) is 0 Å². The van der Waals surface area contributed by atoms with E-state index in [1.807, 2.05) is 25.1 Å². The number of carbonyl (C=O) groups excluding carboxylic acids is 2. The molecule has 0 radical (unpaired) electrons. The zero-order chi connectivity index (χ0) is 16.8. The molecule has 4 nitrogen and oxygen atoms in total. The van der Waals surface area contributed by atoms with Crippen LogP contribution in [0, 0.1) is 6.92 Å². The Labute approximate surface area is 148 Å². The first kappa shape index (κ1) is 17.5. The molecule has 23 heavy (non-hydrogen) atoms. The number of aryl methyl sites for hydroxylation is 1. The first-order valence-electron chi connectivity index (χ1n) is 7.06. The molecule has 2 N–H and O–H groups in total. The summed E-state index contributed by atoms with van der Waals surface area (Å²) in [5.41, 5.74) is 2.20. The monoisotopic (exact) mass is 394 g/mol. The van der Waals surface area contributed by atoms with Gasteiger partial charge in [-0.1, -0.05) is 29.8 Å². The minimum Gasteiger partial charge on any atom is -0.351 e. The molecule has 0 saturated heterocycles. The summed E-state index contributed by atoms with van der Waals surface area (Å²) in [6, 6.07) is 12.5. The van der Waals surface area contributed by atoms with Crippen LogP contribution >= 0.6 is 27.5 Å². The van der Waals surface area contributed by atoms with Gasteiger partial charge in [0, 0.05) is 17.4 Å². The van der Waals surface area contributed by atoms with Gasteiger partial charge in [-0.2, -0.15) is 0 Å². The van der Waals surface area contributed by atoms with E-state index in [4.69, 9.17) is 11.6 Å². The maximum absolute atomic E-state index is 12.0. The molecule has 0 aromatic heterocycles. The highest BCUT2D eigenvalue weighted by molar-refractivity contribution is 9.10. The van der Waals surface area contributed by atoms with Gasteiger partial charge in [-0.15, -0.1) is 0 Å². The van der Waals surface area contributed by atoms with Crippen molar-refractivity contribution in [2.45, 2.75) is 13.3 Å². The van der Waals surface area contributed by atoms with Gasteiger partial charge in [0.15, 0.2) is 0 Å². The zero-order valence-corrected chi connectivity index (χ0v) is 14.9. The summed E-state index contributed by atoms with van der Waals surface area (Å²) >= 11 is 9.36. The molecule has 0 bridgehead atoms. The maximum atomic E-state index is 12.0. The highest BCUT2D eigenvalue weighted by Gasteiger charge is 2.10. The number of nitrogens with one attached hydrogen (secondary N) is 2. The summed E-state index contributed by atoms with van der Waals surface area (Å²) in [7, 11) is 0. The molecule has 2 rings (SSSR count). The Balaban J connectivity index is 1.83. The van der Waals surface area contributed by atoms with Crippen LogP contribution in [-0.4, -0.2) is 18.4 Å². The van der Waals surface area contributed by atoms with Crippen molar-refractivity contribution in [2.75, 3.05) is 11.9 Å². The molecule has 0 fully saturated rings. The summed E-state index contributed by atoms with van der Waals surface area (Å²) in [5.74, 6) is -0.464. The van der Waals surface area contributed by atoms with Gasteiger partial charge in [-0.3, -0.25) is 9.59 Å². The van der Waals surface area contributed by atoms with Crippen LogP contribution in [-0.2, 0) is 4.79 Å². The smallest absolute Gasteiger partial charge is 0.252 e. The average Bonchev–Trinajstić information content (AvgIpc) is 2.50. The molecule has 0 spiro atoms. The Morgan fingerprint density at radius 2 is 1.91 bits per heavy atom. The fourth-order valence-corrected chi connectivity index (χ4v) is 2.78. The zero-order valence-electron chi connectivity index (χ0n) is 12.5. The third kappa shape index (κ3) is 5.08. The molecule has 2 aromatic carbocycles. The van der Waals surface area contributed by atoms with E-state index >= 15 is 0 Å². The van der Waals surface area contributed by atoms with Crippen molar-refractivity contribution >= 4 is 45.0 Å². The molecule has 0 atom stereocenters. The largest absolute Gasteiger partial charge is 0.351 e. The second-order valence-electron chi connectivity index (χ2n) is 5.02. The van der Waals surface area contributed by atoms with E-state index in [9.17, 15) is 9.59 Å². The highest BCUT2D eigenvalue weighted by Crippen LogP contribution is 2.23. The van der Waals surface area contributed by atoms with E-state index in [0.29, 0.717) is 16.3 Å². The number of rotatable bonds is 5. The number of benzene rings is 2. The van der Waals surface area contributed by atoms with Crippen LogP contribution < -0.4 is 10.6 Å². The van der Waals surface area contributed by atoms with Gasteiger partial charge >= 0.3 is 0 Å². The third-order valence-corrected chi connectivity index (χ3v) is 4.14. The molecule has 0 unspecified atom stereocenters. The summed E-state index contributed by atoms with van der Waals surface area (Å²) in [4.78, 5) is 23.9. The molecule has 0 aliphatic carbocycles. The van der Waals surface area contributed by atoms with E-state index in [2.05, 4.69) is 26.6 Å². The predicted octanol–water partition coefficient (Wildman–Crippen LogP) is 4.17. The highest BCUT2D eigenvalue weighted by atomic mass is 79.9. The molecule has 0 saturated carbocycles. The Hall–Kier alpha value is -1.85. The van der Waals surface area contributed by atoms with Crippen molar-refractivity contribution in [3.63, 3.8) is 0 Å². The number of anilines is 1. The quantitative estimate of drug-likeness (QED) is 0.798. The lowest BCUT2D eigenvalue weighted by atomic mass is 10.2. The Morgan fingerprint density at radius 1 is 1.17 bits per heavy atom. The lowest BCUT2D eigenvalue weighted by molar-refractivity contribution is -0.116. The Kier molecular flexibility index (Phi) is 6.19. The van der Waals surface area contributed by atoms with Crippen LogP contribution in [0.4, 0.5) is 5.69 Å². The van der Waals surface area contributed by atoms with E-state index in [1.54, 1.807) is 24.3 Å². The molecular formula is C17H16BrClN2O2. The lowest BCUT2D eigenvalue weighted by Crippen LogP contribution is -2.27. The van der Waals surface area contributed by atoms with Gasteiger partial charge in [0.2, 0.25) is 5.91 Å². The van der Waals surface area contributed by atoms with Crippen molar-refractivity contribution < 1.29 is 9.59 Å². The van der Waals surface area contributed by atoms with Crippen molar-refractivity contribution in [3.05, 3.63) is 63.1 Å². The van der Waals surface area contributed by atoms with E-state index in [0.717, 1.165) is 10.0 Å². The van der Waals surface area contributed by atoms with Gasteiger partial charge in [-0.25, -0.2) is 0 Å². The van der Waals surface area contributed by atoms with Crippen molar-refractivity contribution in [1.82, 2.24) is 5.32 Å². The summed E-state index contributed by atoms with van der Waals surface area (Å²) in [6.45, 7) is 2.21. The summed E-state index contributed by atoms with van der Waals surface area (Å²) in [6.07, 6.45) is 0.177. The SMILES string of the molecule is Cc1ccc(NC(=O)CCNC(=O)c2ccccc2Cl)c(Br)c1. The van der Waals surface area contributed by atoms with Gasteiger partial charge in [-0.05, 0) is 52.7 Å². The molecule has 2 aromatic rings. The molecule has 6 heteroatoms. The second kappa shape index (κ2) is 8.13. The van der Waals surface area contributed by atoms with Crippen LogP contribution in [0.25, 0.3) is 0 Å². The predicted molar refractivity (Wildman–Crippen MR) is 95.9 cm³/mol. The van der Waals surface area contributed by atoms with Gasteiger partial charge in [0.25, 0.3) is 5.91 Å². The second-order valence-corrected chi connectivity index (χ2v) is 6.28. The van der Waals surface area contributed by atoms with Crippen molar-refractivity contribution in [2.24, 2.45) is 0 Å². The van der Waals surface area contributed by atoms with Crippen molar-refractivity contribution in [1.29, 1.82) is 0 Å². The summed E-state index contributed by atoms with van der Waals surface area (Å²) in [5, 5.41) is 5.87. The van der Waals surface area contributed by atoms with E-state index < -0.39 is 0 Å². The minimum absolute atomic E-state index is 0.172. The fourth-order valence-electron chi connectivity index (χ4n) is 1.96. The van der Waals surface area contributed by atoms with Crippen molar-refractivity contribution in [3.8, 4) is 0 Å². The number of halogens is 2. The molecular weight excluding hydrogens is 380 g/mol. The average molecular weight is 396 g/mol. The standard InChI is InChI=1S/C17H16BrClN2O2/c1-11-6-7-15(13(18)10-11)21-16(22)8-9-20-17(23)12-4-2-3-5-14(12)19/h2-7,10H,8-9H2,1H3,(H,20,23)(H,21,22). The number of hydrogen-bond acceptors (Lipinski definition) is 2. The van der Waals surface area contributed by atoms with Crippen LogP contribution in [0.3, 0.4) is 0 Å². The molecule has 0 aliphatic heterocycles. The van der Waals surface area contributed by atoms with Crippen LogP contribution in [0.2, 0.25) is 5.02 Å². The van der Waals surface area contributed by atoms with Gasteiger partial charge in [0.05, 0.1) is 16.3 Å². The topological polar surface area (TPSA) is 58.2 Å².